The first kappa shape index (κ1) is 46.5. The molecular formula is C54H50FN7O8S. The van der Waals surface area contributed by atoms with Crippen molar-refractivity contribution >= 4 is 60.9 Å². The standard InChI is InChI=1S/C54H50FN7O8S/c1-35-30-60(42-19-21-44-46(29-42)59(2)54(65)62(44)45-22-23-50(69-33-37-14-8-4-9-15-37)57-53(45)70-34-38-16-10-5-11-17-38)25-24-39(35)28-48(63)56-41-18-20-43-40(26-41)27-47(68-32-36-12-6-3-7-13-36)52(51(43)55)61-31-49(64)58-71(61,66)67/h3-23,26-27,29,35,39H,24-25,28,30-34H2,1-2H3,(H,56,63)(H,58,64)/t35-,39+/m0/s1. The van der Waals surface area contributed by atoms with E-state index in [0.29, 0.717) is 52.2 Å². The highest BCUT2D eigenvalue weighted by Crippen LogP contribution is 2.41. The van der Waals surface area contributed by atoms with Gasteiger partial charge in [-0.2, -0.15) is 13.4 Å². The van der Waals surface area contributed by atoms with E-state index in [2.05, 4.69) is 17.1 Å². The van der Waals surface area contributed by atoms with Gasteiger partial charge in [0.05, 0.1) is 11.0 Å². The molecule has 0 radical (unpaired) electrons. The predicted octanol–water partition coefficient (Wildman–Crippen LogP) is 8.43. The van der Waals surface area contributed by atoms with Crippen LogP contribution in [0.5, 0.6) is 17.5 Å². The van der Waals surface area contributed by atoms with Crippen molar-refractivity contribution in [3.63, 3.8) is 0 Å². The number of nitrogens with zero attached hydrogens (tertiary/aromatic N) is 5. The van der Waals surface area contributed by atoms with Crippen LogP contribution in [0.15, 0.2) is 150 Å². The number of hydrogen-bond acceptors (Lipinski definition) is 10. The largest absolute Gasteiger partial charge is 0.487 e. The third-order valence-electron chi connectivity index (χ3n) is 13.0. The molecule has 2 N–H and O–H groups in total. The average Bonchev–Trinajstić information content (AvgIpc) is 3.80. The smallest absolute Gasteiger partial charge is 0.333 e. The molecular weight excluding hydrogens is 926 g/mol. The quantitative estimate of drug-likeness (QED) is 0.102. The fourth-order valence-electron chi connectivity index (χ4n) is 9.30. The highest BCUT2D eigenvalue weighted by molar-refractivity contribution is 7.92. The summed E-state index contributed by atoms with van der Waals surface area (Å²) in [6.45, 7) is 3.46. The van der Waals surface area contributed by atoms with Crippen LogP contribution in [0.2, 0.25) is 0 Å². The van der Waals surface area contributed by atoms with Crippen LogP contribution in [0.1, 0.15) is 36.5 Å². The van der Waals surface area contributed by atoms with Gasteiger partial charge >= 0.3 is 15.9 Å². The molecule has 8 aromatic rings. The predicted molar refractivity (Wildman–Crippen MR) is 270 cm³/mol. The summed E-state index contributed by atoms with van der Waals surface area (Å²) in [6, 6.07) is 44.3. The minimum atomic E-state index is -4.36. The lowest BCUT2D eigenvalue weighted by Gasteiger charge is -2.38. The van der Waals surface area contributed by atoms with Gasteiger partial charge in [0.2, 0.25) is 17.7 Å². The minimum absolute atomic E-state index is 0.00951. The van der Waals surface area contributed by atoms with Gasteiger partial charge in [-0.3, -0.25) is 18.7 Å². The fraction of sp³-hybridized carbons (Fsp3) is 0.222. The Morgan fingerprint density at radius 2 is 1.45 bits per heavy atom. The fourth-order valence-corrected chi connectivity index (χ4v) is 10.5. The highest BCUT2D eigenvalue weighted by Gasteiger charge is 2.38. The van der Waals surface area contributed by atoms with E-state index in [1.807, 2.05) is 114 Å². The molecule has 0 saturated carbocycles. The number of benzene rings is 6. The molecule has 2 aliphatic rings. The molecule has 2 aromatic heterocycles. The van der Waals surface area contributed by atoms with Crippen molar-refractivity contribution in [1.82, 2.24) is 18.8 Å². The van der Waals surface area contributed by atoms with Crippen LogP contribution in [0.3, 0.4) is 0 Å². The Labute approximate surface area is 409 Å². The van der Waals surface area contributed by atoms with Gasteiger partial charge in [-0.15, -0.1) is 0 Å². The molecule has 2 atom stereocenters. The minimum Gasteiger partial charge on any atom is -0.487 e. The number of fused-ring (bicyclic) bond motifs is 2. The van der Waals surface area contributed by atoms with Crippen molar-refractivity contribution < 1.29 is 36.6 Å². The average molecular weight is 976 g/mol. The van der Waals surface area contributed by atoms with E-state index >= 15 is 4.39 Å². The Morgan fingerprint density at radius 1 is 0.789 bits per heavy atom. The van der Waals surface area contributed by atoms with E-state index in [-0.39, 0.29) is 65.8 Å². The molecule has 71 heavy (non-hydrogen) atoms. The van der Waals surface area contributed by atoms with E-state index in [0.717, 1.165) is 34.3 Å². The van der Waals surface area contributed by atoms with Gasteiger partial charge in [0.1, 0.15) is 43.5 Å². The zero-order valence-electron chi connectivity index (χ0n) is 39.0. The number of rotatable bonds is 15. The molecule has 15 nitrogen and oxygen atoms in total. The number of amides is 2. The van der Waals surface area contributed by atoms with Crippen LogP contribution >= 0.6 is 0 Å². The number of imidazole rings is 1. The molecule has 362 valence electrons. The Kier molecular flexibility index (Phi) is 12.9. The lowest BCUT2D eigenvalue weighted by Crippen LogP contribution is -2.40. The second-order valence-corrected chi connectivity index (χ2v) is 19.5. The molecule has 0 unspecified atom stereocenters. The molecule has 2 amide bonds. The molecule has 2 aliphatic heterocycles. The molecule has 17 heteroatoms. The second kappa shape index (κ2) is 19.7. The summed E-state index contributed by atoms with van der Waals surface area (Å²) in [5.41, 5.74) is 5.35. The SMILES string of the molecule is C[C@H]1CN(c2ccc3c(c2)n(C)c(=O)n3-c2ccc(OCc3ccccc3)nc2OCc2ccccc2)CC[C@@H]1CC(=O)Nc1ccc2c(F)c(N3CC(=O)NS3(=O)=O)c(OCc3ccccc3)cc2c1. The molecule has 10 rings (SSSR count). The number of piperidine rings is 1. The van der Waals surface area contributed by atoms with Crippen molar-refractivity contribution in [2.45, 2.75) is 39.6 Å². The third kappa shape index (κ3) is 9.86. The second-order valence-electron chi connectivity index (χ2n) is 17.9. The summed E-state index contributed by atoms with van der Waals surface area (Å²) in [4.78, 5) is 46.9. The number of nitrogens with one attached hydrogen (secondary N) is 2. The Morgan fingerprint density at radius 3 is 2.10 bits per heavy atom. The maximum absolute atomic E-state index is 16.4. The van der Waals surface area contributed by atoms with Crippen molar-refractivity contribution in [2.75, 3.05) is 34.2 Å². The van der Waals surface area contributed by atoms with Crippen LogP contribution in [-0.2, 0) is 46.7 Å². The van der Waals surface area contributed by atoms with E-state index in [1.54, 1.807) is 40.4 Å². The lowest BCUT2D eigenvalue weighted by molar-refractivity contribution is -0.118. The van der Waals surface area contributed by atoms with E-state index in [4.69, 9.17) is 19.2 Å². The summed E-state index contributed by atoms with van der Waals surface area (Å²) in [6.07, 6.45) is 0.998. The number of aryl methyl sites for hydroxylation is 1. The molecule has 0 spiro atoms. The number of carbonyl (C=O) groups is 2. The molecule has 0 aliphatic carbocycles. The monoisotopic (exact) mass is 975 g/mol. The van der Waals surface area contributed by atoms with Crippen molar-refractivity contribution in [1.29, 1.82) is 0 Å². The van der Waals surface area contributed by atoms with Gasteiger partial charge in [-0.25, -0.2) is 18.2 Å². The number of anilines is 3. The molecule has 2 saturated heterocycles. The zero-order valence-corrected chi connectivity index (χ0v) is 39.8. The van der Waals surface area contributed by atoms with E-state index in [1.165, 1.54) is 12.1 Å². The van der Waals surface area contributed by atoms with Crippen LogP contribution in [0, 0.1) is 17.7 Å². The summed E-state index contributed by atoms with van der Waals surface area (Å²) in [5.74, 6) is -1.12. The van der Waals surface area contributed by atoms with Crippen molar-refractivity contribution in [3.8, 4) is 23.2 Å². The maximum Gasteiger partial charge on any atom is 0.333 e. The van der Waals surface area contributed by atoms with Gasteiger partial charge in [-0.05, 0) is 88.9 Å². The van der Waals surface area contributed by atoms with Crippen LogP contribution in [0.25, 0.3) is 27.5 Å². The number of halogens is 1. The van der Waals surface area contributed by atoms with Crippen molar-refractivity contribution in [2.24, 2.45) is 18.9 Å². The van der Waals surface area contributed by atoms with Crippen molar-refractivity contribution in [3.05, 3.63) is 179 Å². The van der Waals surface area contributed by atoms with Gasteiger partial charge in [0, 0.05) is 49.4 Å². The Bertz CT molecular complexity index is 3460. The number of pyridine rings is 1. The number of carbonyl (C=O) groups excluding carboxylic acids is 2. The maximum atomic E-state index is 16.4. The summed E-state index contributed by atoms with van der Waals surface area (Å²) < 4.78 is 66.3. The first-order valence-corrected chi connectivity index (χ1v) is 24.7. The van der Waals surface area contributed by atoms with Crippen LogP contribution in [-0.4, -0.2) is 54.0 Å². The summed E-state index contributed by atoms with van der Waals surface area (Å²) >= 11 is 0. The molecule has 6 aromatic carbocycles. The number of hydrogen-bond donors (Lipinski definition) is 2. The van der Waals surface area contributed by atoms with Gasteiger partial charge in [-0.1, -0.05) is 97.9 Å². The highest BCUT2D eigenvalue weighted by atomic mass is 32.2. The summed E-state index contributed by atoms with van der Waals surface area (Å²) in [5, 5.41) is 3.43. The summed E-state index contributed by atoms with van der Waals surface area (Å²) in [7, 11) is -2.61. The first-order valence-electron chi connectivity index (χ1n) is 23.3. The molecule has 4 heterocycles. The number of ether oxygens (including phenoxy) is 3. The van der Waals surface area contributed by atoms with Gasteiger partial charge in [0.25, 0.3) is 5.91 Å². The zero-order chi connectivity index (χ0) is 49.2. The molecule has 2 fully saturated rings. The Hall–Kier alpha value is -8.18. The van der Waals surface area contributed by atoms with E-state index in [9.17, 15) is 22.8 Å². The first-order chi connectivity index (χ1) is 34.4. The third-order valence-corrected chi connectivity index (χ3v) is 14.4. The topological polar surface area (TPSA) is 166 Å². The van der Waals surface area contributed by atoms with Gasteiger partial charge in [0.15, 0.2) is 5.82 Å². The molecule has 0 bridgehead atoms. The number of aromatic nitrogens is 3. The van der Waals surface area contributed by atoms with Crippen LogP contribution in [0.4, 0.5) is 21.5 Å². The van der Waals surface area contributed by atoms with Crippen LogP contribution < -0.4 is 39.1 Å². The van der Waals surface area contributed by atoms with Gasteiger partial charge < -0.3 is 24.4 Å². The van der Waals surface area contributed by atoms with E-state index < -0.39 is 28.5 Å². The lowest BCUT2D eigenvalue weighted by atomic mass is 9.84. The Balaban J connectivity index is 0.834. The normalized spacial score (nSPS) is 16.5.